The molecular formula is C34H21N3S2. The lowest BCUT2D eigenvalue weighted by molar-refractivity contribution is 0.667. The maximum atomic E-state index is 4.63. The van der Waals surface area contributed by atoms with Gasteiger partial charge in [-0.2, -0.15) is 0 Å². The van der Waals surface area contributed by atoms with Crippen molar-refractivity contribution < 1.29 is 0 Å². The van der Waals surface area contributed by atoms with Gasteiger partial charge in [0.05, 0.1) is 11.1 Å². The third-order valence-electron chi connectivity index (χ3n) is 7.65. The minimum absolute atomic E-state index is 0.428. The summed E-state index contributed by atoms with van der Waals surface area (Å²) in [7, 11) is 0. The second kappa shape index (κ2) is 8.94. The summed E-state index contributed by atoms with van der Waals surface area (Å²) in [5, 5.41) is 0. The molecule has 0 aliphatic carbocycles. The van der Waals surface area contributed by atoms with Crippen LogP contribution in [-0.2, 0) is 5.41 Å². The molecule has 1 unspecified atom stereocenters. The molecule has 184 valence electrons. The summed E-state index contributed by atoms with van der Waals surface area (Å²) in [6.45, 7) is 0. The van der Waals surface area contributed by atoms with Crippen LogP contribution < -0.4 is 0 Å². The van der Waals surface area contributed by atoms with E-state index in [4.69, 9.17) is 0 Å². The Morgan fingerprint density at radius 1 is 0.487 bits per heavy atom. The molecule has 6 aromatic rings. The van der Waals surface area contributed by atoms with Crippen LogP contribution in [0.15, 0.2) is 148 Å². The molecule has 0 amide bonds. The Bertz CT molecular complexity index is 1730. The van der Waals surface area contributed by atoms with E-state index in [0.29, 0.717) is 0 Å². The van der Waals surface area contributed by atoms with Crippen molar-refractivity contribution in [3.8, 4) is 22.4 Å². The summed E-state index contributed by atoms with van der Waals surface area (Å²) >= 11 is 3.71. The lowest BCUT2D eigenvalue weighted by atomic mass is 9.64. The molecule has 4 heterocycles. The third-order valence-corrected chi connectivity index (χ3v) is 9.91. The SMILES string of the molecule is c1ccc(-c2ccc3c(c2)Sc2ccccc2C32c3ccccc3Sc3cc(-c4cncnc4)ccc32)nc1. The first-order chi connectivity index (χ1) is 19.3. The second-order valence-corrected chi connectivity index (χ2v) is 11.9. The molecule has 3 nitrogen and oxygen atoms in total. The Kier molecular flexibility index (Phi) is 5.22. The first-order valence-electron chi connectivity index (χ1n) is 12.8. The molecule has 2 aromatic heterocycles. The Hall–Kier alpha value is -4.19. The average molecular weight is 536 g/mol. The Morgan fingerprint density at radius 2 is 1.05 bits per heavy atom. The monoisotopic (exact) mass is 535 g/mol. The van der Waals surface area contributed by atoms with Gasteiger partial charge in [-0.05, 0) is 64.2 Å². The number of hydrogen-bond donors (Lipinski definition) is 0. The second-order valence-electron chi connectivity index (χ2n) is 9.71. The van der Waals surface area contributed by atoms with Crippen LogP contribution in [0.2, 0.25) is 0 Å². The van der Waals surface area contributed by atoms with E-state index in [1.807, 2.05) is 54.2 Å². The van der Waals surface area contributed by atoms with E-state index >= 15 is 0 Å². The van der Waals surface area contributed by atoms with Gasteiger partial charge in [0.25, 0.3) is 0 Å². The van der Waals surface area contributed by atoms with E-state index in [1.165, 1.54) is 41.8 Å². The van der Waals surface area contributed by atoms with Gasteiger partial charge in [0.1, 0.15) is 6.33 Å². The molecule has 5 heteroatoms. The van der Waals surface area contributed by atoms with Gasteiger partial charge in [0.15, 0.2) is 0 Å². The fourth-order valence-electron chi connectivity index (χ4n) is 5.99. The molecule has 0 radical (unpaired) electrons. The highest BCUT2D eigenvalue weighted by Gasteiger charge is 2.48. The number of pyridine rings is 1. The molecule has 4 aromatic carbocycles. The molecule has 0 N–H and O–H groups in total. The van der Waals surface area contributed by atoms with E-state index in [2.05, 4.69) is 106 Å². The first kappa shape index (κ1) is 22.8. The predicted molar refractivity (Wildman–Crippen MR) is 157 cm³/mol. The highest BCUT2D eigenvalue weighted by molar-refractivity contribution is 8.00. The zero-order chi connectivity index (χ0) is 25.8. The van der Waals surface area contributed by atoms with Gasteiger partial charge < -0.3 is 0 Å². The summed E-state index contributed by atoms with van der Waals surface area (Å²) in [5.41, 5.74) is 9.13. The number of aromatic nitrogens is 3. The molecule has 2 aliphatic heterocycles. The molecule has 0 saturated heterocycles. The minimum Gasteiger partial charge on any atom is -0.256 e. The fraction of sp³-hybridized carbons (Fsp3) is 0.0294. The van der Waals surface area contributed by atoms with Gasteiger partial charge in [-0.15, -0.1) is 0 Å². The van der Waals surface area contributed by atoms with E-state index in [0.717, 1.165) is 22.4 Å². The summed E-state index contributed by atoms with van der Waals surface area (Å²) in [4.78, 5) is 18.3. The summed E-state index contributed by atoms with van der Waals surface area (Å²) in [6.07, 6.45) is 7.20. The molecule has 0 bridgehead atoms. The average Bonchev–Trinajstić information content (AvgIpc) is 3.01. The predicted octanol–water partition coefficient (Wildman–Crippen LogP) is 8.52. The Balaban J connectivity index is 1.44. The third kappa shape index (κ3) is 3.43. The normalized spacial score (nSPS) is 16.6. The van der Waals surface area contributed by atoms with Gasteiger partial charge in [-0.25, -0.2) is 9.97 Å². The summed E-state index contributed by atoms with van der Waals surface area (Å²) < 4.78 is 0. The van der Waals surface area contributed by atoms with Crippen LogP contribution in [0.4, 0.5) is 0 Å². The van der Waals surface area contributed by atoms with Gasteiger partial charge in [0.2, 0.25) is 0 Å². The van der Waals surface area contributed by atoms with Crippen molar-refractivity contribution in [1.29, 1.82) is 0 Å². The van der Waals surface area contributed by atoms with E-state index in [9.17, 15) is 0 Å². The van der Waals surface area contributed by atoms with Crippen molar-refractivity contribution in [3.05, 3.63) is 150 Å². The Morgan fingerprint density at radius 3 is 1.69 bits per heavy atom. The topological polar surface area (TPSA) is 38.7 Å². The van der Waals surface area contributed by atoms with Crippen molar-refractivity contribution >= 4 is 23.5 Å². The zero-order valence-corrected chi connectivity index (χ0v) is 22.4. The van der Waals surface area contributed by atoms with E-state index in [1.54, 1.807) is 6.33 Å². The standard InChI is InChI=1S/C34H21N3S2/c1-3-10-30-25(7-1)34(27-14-12-22(17-32(27)38-30)24-19-35-21-36-20-24)26-8-2-4-11-31(26)39-33-18-23(13-15-28(33)34)29-9-5-6-16-37-29/h1-21H. The number of nitrogens with zero attached hydrogens (tertiary/aromatic N) is 3. The van der Waals surface area contributed by atoms with Crippen LogP contribution in [-0.4, -0.2) is 15.0 Å². The van der Waals surface area contributed by atoms with Gasteiger partial charge in [0, 0.05) is 49.3 Å². The molecule has 39 heavy (non-hydrogen) atoms. The summed E-state index contributed by atoms with van der Waals surface area (Å²) in [6, 6.07) is 37.6. The van der Waals surface area contributed by atoms with Crippen LogP contribution in [0.1, 0.15) is 22.3 Å². The minimum atomic E-state index is -0.428. The Labute approximate surface area is 235 Å². The lowest BCUT2D eigenvalue weighted by Crippen LogP contribution is -2.36. The number of hydrogen-bond acceptors (Lipinski definition) is 5. The molecule has 8 rings (SSSR count). The molecule has 2 aliphatic rings. The molecule has 1 spiro atoms. The van der Waals surface area contributed by atoms with Crippen molar-refractivity contribution in [2.24, 2.45) is 0 Å². The zero-order valence-electron chi connectivity index (χ0n) is 20.8. The maximum absolute atomic E-state index is 4.63. The highest BCUT2D eigenvalue weighted by Crippen LogP contribution is 2.62. The van der Waals surface area contributed by atoms with Crippen molar-refractivity contribution in [2.45, 2.75) is 25.0 Å². The highest BCUT2D eigenvalue weighted by atomic mass is 32.2. The largest absolute Gasteiger partial charge is 0.256 e. The fourth-order valence-corrected chi connectivity index (χ4v) is 8.46. The van der Waals surface area contributed by atoms with Crippen LogP contribution >= 0.6 is 23.5 Å². The lowest BCUT2D eigenvalue weighted by Gasteiger charge is -2.45. The number of benzene rings is 4. The molecule has 1 atom stereocenters. The van der Waals surface area contributed by atoms with Gasteiger partial charge in [-0.1, -0.05) is 90.3 Å². The number of fused-ring (bicyclic) bond motifs is 8. The number of rotatable bonds is 2. The molecular weight excluding hydrogens is 515 g/mol. The maximum Gasteiger partial charge on any atom is 0.115 e. The van der Waals surface area contributed by atoms with Gasteiger partial charge >= 0.3 is 0 Å². The van der Waals surface area contributed by atoms with Gasteiger partial charge in [-0.3, -0.25) is 4.98 Å². The van der Waals surface area contributed by atoms with Crippen molar-refractivity contribution in [2.75, 3.05) is 0 Å². The van der Waals surface area contributed by atoms with Crippen molar-refractivity contribution in [1.82, 2.24) is 15.0 Å². The van der Waals surface area contributed by atoms with E-state index < -0.39 is 5.41 Å². The van der Waals surface area contributed by atoms with Crippen LogP contribution in [0.3, 0.4) is 0 Å². The smallest absolute Gasteiger partial charge is 0.115 e. The molecule has 0 saturated carbocycles. The first-order valence-corrected chi connectivity index (χ1v) is 14.5. The van der Waals surface area contributed by atoms with Crippen LogP contribution in [0, 0.1) is 0 Å². The van der Waals surface area contributed by atoms with Crippen molar-refractivity contribution in [3.63, 3.8) is 0 Å². The van der Waals surface area contributed by atoms with E-state index in [-0.39, 0.29) is 0 Å². The van der Waals surface area contributed by atoms with Crippen LogP contribution in [0.25, 0.3) is 22.4 Å². The summed E-state index contributed by atoms with van der Waals surface area (Å²) in [5.74, 6) is 0. The quantitative estimate of drug-likeness (QED) is 0.222. The van der Waals surface area contributed by atoms with Crippen LogP contribution in [0.5, 0.6) is 0 Å². The molecule has 0 fully saturated rings.